The zero-order chi connectivity index (χ0) is 14.5. The Balaban J connectivity index is 2.61. The molecule has 1 amide bonds. The molecular formula is C13H22N2O3S. The number of hydrogen-bond donors (Lipinski definition) is 2. The lowest BCUT2D eigenvalue weighted by atomic mass is 9.88. The Labute approximate surface area is 118 Å². The van der Waals surface area contributed by atoms with Crippen LogP contribution in [-0.2, 0) is 11.3 Å². The molecule has 19 heavy (non-hydrogen) atoms. The third kappa shape index (κ3) is 5.67. The number of carbonyl (C=O) groups is 1. The summed E-state index contributed by atoms with van der Waals surface area (Å²) in [5.41, 5.74) is 0.425. The van der Waals surface area contributed by atoms with E-state index < -0.39 is 0 Å². The number of amides is 1. The van der Waals surface area contributed by atoms with Gasteiger partial charge in [0.1, 0.15) is 10.7 Å². The summed E-state index contributed by atoms with van der Waals surface area (Å²) in [5.74, 6) is -0.248. The summed E-state index contributed by atoms with van der Waals surface area (Å²) in [7, 11) is 1.59. The summed E-state index contributed by atoms with van der Waals surface area (Å²) in [6, 6.07) is -0.250. The Morgan fingerprint density at radius 1 is 1.58 bits per heavy atom. The maximum Gasteiger partial charge on any atom is 0.271 e. The van der Waals surface area contributed by atoms with Gasteiger partial charge in [0.2, 0.25) is 0 Å². The number of carbonyl (C=O) groups excluding carboxylic acids is 1. The van der Waals surface area contributed by atoms with Gasteiger partial charge in [-0.05, 0) is 11.8 Å². The normalized spacial score (nSPS) is 13.3. The SMILES string of the molecule is COCc1nc(C(=O)NC(CO)CC(C)(C)C)cs1. The monoisotopic (exact) mass is 286 g/mol. The van der Waals surface area contributed by atoms with Crippen LogP contribution in [0.1, 0.15) is 42.7 Å². The first kappa shape index (κ1) is 16.1. The number of nitrogens with one attached hydrogen (secondary N) is 1. The number of aliphatic hydroxyl groups is 1. The van der Waals surface area contributed by atoms with Crippen molar-refractivity contribution >= 4 is 17.2 Å². The van der Waals surface area contributed by atoms with E-state index in [0.717, 1.165) is 5.01 Å². The van der Waals surface area contributed by atoms with Crippen molar-refractivity contribution in [1.82, 2.24) is 10.3 Å². The van der Waals surface area contributed by atoms with E-state index in [1.807, 2.05) is 0 Å². The topological polar surface area (TPSA) is 71.5 Å². The molecule has 0 aliphatic heterocycles. The second kappa shape index (κ2) is 6.98. The molecule has 1 aromatic heterocycles. The summed E-state index contributed by atoms with van der Waals surface area (Å²) < 4.78 is 4.97. The molecule has 108 valence electrons. The maximum atomic E-state index is 12.0. The van der Waals surface area contributed by atoms with Crippen molar-refractivity contribution in [2.24, 2.45) is 5.41 Å². The first-order valence-electron chi connectivity index (χ1n) is 6.21. The van der Waals surface area contributed by atoms with Crippen LogP contribution in [0.15, 0.2) is 5.38 Å². The van der Waals surface area contributed by atoms with Crippen LogP contribution in [0.5, 0.6) is 0 Å². The average Bonchev–Trinajstić information content (AvgIpc) is 2.75. The highest BCUT2D eigenvalue weighted by atomic mass is 32.1. The second-order valence-corrected chi connectivity index (χ2v) is 6.62. The Bertz CT molecular complexity index is 412. The van der Waals surface area contributed by atoms with Crippen LogP contribution in [0.2, 0.25) is 0 Å². The van der Waals surface area contributed by atoms with Crippen LogP contribution in [0.3, 0.4) is 0 Å². The van der Waals surface area contributed by atoms with Gasteiger partial charge in [0.25, 0.3) is 5.91 Å². The molecule has 0 saturated carbocycles. The minimum atomic E-state index is -0.250. The Kier molecular flexibility index (Phi) is 5.90. The van der Waals surface area contributed by atoms with Crippen molar-refractivity contribution in [2.45, 2.75) is 39.8 Å². The van der Waals surface area contributed by atoms with E-state index in [9.17, 15) is 9.90 Å². The van der Waals surface area contributed by atoms with Crippen molar-refractivity contribution < 1.29 is 14.6 Å². The lowest BCUT2D eigenvalue weighted by Gasteiger charge is -2.25. The van der Waals surface area contributed by atoms with Crippen molar-refractivity contribution in [3.05, 3.63) is 16.1 Å². The number of hydrogen-bond acceptors (Lipinski definition) is 5. The van der Waals surface area contributed by atoms with Crippen LogP contribution < -0.4 is 5.32 Å². The highest BCUT2D eigenvalue weighted by molar-refractivity contribution is 7.09. The van der Waals surface area contributed by atoms with Gasteiger partial charge in [-0.3, -0.25) is 4.79 Å². The molecule has 1 aromatic rings. The molecule has 1 unspecified atom stereocenters. The van der Waals surface area contributed by atoms with E-state index in [1.54, 1.807) is 12.5 Å². The molecule has 1 heterocycles. The third-order valence-electron chi connectivity index (χ3n) is 2.47. The van der Waals surface area contributed by atoms with Crippen molar-refractivity contribution in [2.75, 3.05) is 13.7 Å². The van der Waals surface area contributed by atoms with Crippen LogP contribution >= 0.6 is 11.3 Å². The molecule has 0 aliphatic rings. The molecule has 0 saturated heterocycles. The van der Waals surface area contributed by atoms with Crippen molar-refractivity contribution in [3.63, 3.8) is 0 Å². The molecule has 1 rings (SSSR count). The Morgan fingerprint density at radius 2 is 2.26 bits per heavy atom. The van der Waals surface area contributed by atoms with Crippen LogP contribution in [-0.4, -0.2) is 35.8 Å². The zero-order valence-corrected chi connectivity index (χ0v) is 12.7. The molecule has 0 fully saturated rings. The van der Waals surface area contributed by atoms with E-state index in [0.29, 0.717) is 18.7 Å². The van der Waals surface area contributed by atoms with Gasteiger partial charge in [-0.15, -0.1) is 11.3 Å². The average molecular weight is 286 g/mol. The van der Waals surface area contributed by atoms with E-state index in [1.165, 1.54) is 11.3 Å². The molecule has 2 N–H and O–H groups in total. The van der Waals surface area contributed by atoms with Gasteiger partial charge in [-0.25, -0.2) is 4.98 Å². The fourth-order valence-corrected chi connectivity index (χ4v) is 2.51. The molecule has 1 atom stereocenters. The fourth-order valence-electron chi connectivity index (χ4n) is 1.76. The molecule has 5 nitrogen and oxygen atoms in total. The van der Waals surface area contributed by atoms with Gasteiger partial charge in [0.15, 0.2) is 0 Å². The summed E-state index contributed by atoms with van der Waals surface area (Å²) >= 11 is 1.39. The van der Waals surface area contributed by atoms with E-state index in [2.05, 4.69) is 31.1 Å². The standard InChI is InChI=1S/C13H22N2O3S/c1-13(2,3)5-9(6-16)14-12(17)10-8-19-11(15-10)7-18-4/h8-9,16H,5-7H2,1-4H3,(H,14,17). The molecule has 0 aliphatic carbocycles. The van der Waals surface area contributed by atoms with Gasteiger partial charge >= 0.3 is 0 Å². The number of methoxy groups -OCH3 is 1. The minimum absolute atomic E-state index is 0.0456. The predicted octanol–water partition coefficient (Wildman–Crippen LogP) is 1.82. The number of aliphatic hydroxyl groups excluding tert-OH is 1. The minimum Gasteiger partial charge on any atom is -0.394 e. The van der Waals surface area contributed by atoms with Gasteiger partial charge in [0, 0.05) is 12.5 Å². The molecule has 0 aromatic carbocycles. The number of nitrogens with zero attached hydrogens (tertiary/aromatic N) is 1. The Hall–Kier alpha value is -0.980. The summed E-state index contributed by atoms with van der Waals surface area (Å²) in [6.45, 7) is 6.55. The first-order chi connectivity index (χ1) is 8.85. The van der Waals surface area contributed by atoms with Crippen LogP contribution in [0.4, 0.5) is 0 Å². The maximum absolute atomic E-state index is 12.0. The van der Waals surface area contributed by atoms with E-state index in [-0.39, 0.29) is 24.0 Å². The molecule has 0 bridgehead atoms. The largest absolute Gasteiger partial charge is 0.394 e. The first-order valence-corrected chi connectivity index (χ1v) is 7.08. The highest BCUT2D eigenvalue weighted by Crippen LogP contribution is 2.21. The van der Waals surface area contributed by atoms with Crippen molar-refractivity contribution in [1.29, 1.82) is 0 Å². The Morgan fingerprint density at radius 3 is 2.79 bits per heavy atom. The van der Waals surface area contributed by atoms with E-state index >= 15 is 0 Å². The fraction of sp³-hybridized carbons (Fsp3) is 0.692. The van der Waals surface area contributed by atoms with Gasteiger partial charge in [-0.2, -0.15) is 0 Å². The van der Waals surface area contributed by atoms with Crippen LogP contribution in [0, 0.1) is 5.41 Å². The smallest absolute Gasteiger partial charge is 0.271 e. The second-order valence-electron chi connectivity index (χ2n) is 5.68. The molecule has 0 spiro atoms. The van der Waals surface area contributed by atoms with Crippen LogP contribution in [0.25, 0.3) is 0 Å². The third-order valence-corrected chi connectivity index (χ3v) is 3.29. The lowest BCUT2D eigenvalue weighted by molar-refractivity contribution is 0.0892. The lowest BCUT2D eigenvalue weighted by Crippen LogP contribution is -2.40. The number of thiazole rings is 1. The summed E-state index contributed by atoms with van der Waals surface area (Å²) in [5, 5.41) is 14.6. The van der Waals surface area contributed by atoms with Gasteiger partial charge in [0.05, 0.1) is 19.3 Å². The summed E-state index contributed by atoms with van der Waals surface area (Å²) in [6.07, 6.45) is 0.713. The van der Waals surface area contributed by atoms with Crippen molar-refractivity contribution in [3.8, 4) is 0 Å². The van der Waals surface area contributed by atoms with Gasteiger partial charge < -0.3 is 15.2 Å². The van der Waals surface area contributed by atoms with Gasteiger partial charge in [-0.1, -0.05) is 20.8 Å². The zero-order valence-electron chi connectivity index (χ0n) is 11.9. The highest BCUT2D eigenvalue weighted by Gasteiger charge is 2.21. The van der Waals surface area contributed by atoms with E-state index in [4.69, 9.17) is 4.74 Å². The molecule has 0 radical (unpaired) electrons. The number of aromatic nitrogens is 1. The predicted molar refractivity (Wildman–Crippen MR) is 75.2 cm³/mol. The number of rotatable bonds is 6. The molecule has 6 heteroatoms. The number of ether oxygens (including phenoxy) is 1. The quantitative estimate of drug-likeness (QED) is 0.836. The summed E-state index contributed by atoms with van der Waals surface area (Å²) in [4.78, 5) is 16.2. The molecular weight excluding hydrogens is 264 g/mol.